The Morgan fingerprint density at radius 3 is 2.26 bits per heavy atom. The Hall–Kier alpha value is -3.38. The molecule has 12 heteroatoms. The summed E-state index contributed by atoms with van der Waals surface area (Å²) in [7, 11) is -3.11. The van der Waals surface area contributed by atoms with Crippen LogP contribution in [0.1, 0.15) is 5.56 Å². The Morgan fingerprint density at radius 1 is 0.886 bits per heavy atom. The zero-order valence-electron chi connectivity index (χ0n) is 17.9. The molecule has 35 heavy (non-hydrogen) atoms. The Balaban J connectivity index is 1.86. The predicted octanol–water partition coefficient (Wildman–Crippen LogP) is 6.19. The number of fused-ring (bicyclic) bond motifs is 1. The van der Waals surface area contributed by atoms with E-state index < -0.39 is 39.5 Å². The van der Waals surface area contributed by atoms with E-state index in [1.807, 2.05) is 0 Å². The average Bonchev–Trinajstić information content (AvgIpc) is 3.21. The van der Waals surface area contributed by atoms with Gasteiger partial charge in [-0.05, 0) is 52.2 Å². The second-order valence-electron chi connectivity index (χ2n) is 7.62. The highest BCUT2D eigenvalue weighted by atomic mass is 32.2. The van der Waals surface area contributed by atoms with E-state index in [4.69, 9.17) is 0 Å². The van der Waals surface area contributed by atoms with Crippen molar-refractivity contribution in [3.8, 4) is 22.4 Å². The van der Waals surface area contributed by atoms with Crippen LogP contribution in [0, 0.1) is 0 Å². The Kier molecular flexibility index (Phi) is 6.14. The molecule has 0 saturated heterocycles. The largest absolute Gasteiger partial charge is 0.416 e. The summed E-state index contributed by atoms with van der Waals surface area (Å²) in [6, 6.07) is 13.2. The van der Waals surface area contributed by atoms with Crippen LogP contribution in [0.2, 0.25) is 0 Å². The number of rotatable bonds is 5. The molecule has 0 unspecified atom stereocenters. The molecule has 0 fully saturated rings. The summed E-state index contributed by atoms with van der Waals surface area (Å²) >= 11 is 0. The summed E-state index contributed by atoms with van der Waals surface area (Å²) in [5, 5.41) is 4.85. The lowest BCUT2D eigenvalue weighted by molar-refractivity contribution is -0.152. The summed E-state index contributed by atoms with van der Waals surface area (Å²) in [5.41, 5.74) is 0.733. The van der Waals surface area contributed by atoms with Gasteiger partial charge in [0, 0.05) is 18.8 Å². The van der Waals surface area contributed by atoms with Crippen LogP contribution in [0.3, 0.4) is 0 Å². The third kappa shape index (κ3) is 5.17. The number of hydrogen-bond donors (Lipinski definition) is 0. The molecule has 3 aromatic carbocycles. The predicted molar refractivity (Wildman–Crippen MR) is 116 cm³/mol. The van der Waals surface area contributed by atoms with E-state index in [0.29, 0.717) is 27.6 Å². The second kappa shape index (κ2) is 8.68. The number of alkyl halides is 6. The lowest BCUT2D eigenvalue weighted by Crippen LogP contribution is -2.20. The number of aromatic nitrogens is 2. The van der Waals surface area contributed by atoms with Crippen LogP contribution >= 0.6 is 0 Å². The van der Waals surface area contributed by atoms with Crippen molar-refractivity contribution in [1.82, 2.24) is 9.78 Å². The zero-order chi connectivity index (χ0) is 25.6. The molecule has 0 saturated carbocycles. The molecule has 0 aliphatic heterocycles. The maximum Gasteiger partial charge on any atom is 0.416 e. The van der Waals surface area contributed by atoms with Crippen LogP contribution in [-0.2, 0) is 27.5 Å². The molecule has 0 aliphatic carbocycles. The maximum absolute atomic E-state index is 13.4. The molecule has 0 atom stereocenters. The van der Waals surface area contributed by atoms with E-state index in [9.17, 15) is 34.8 Å². The van der Waals surface area contributed by atoms with Gasteiger partial charge in [0.25, 0.3) is 10.1 Å². The third-order valence-corrected chi connectivity index (χ3v) is 6.51. The Labute approximate surface area is 195 Å². The quantitative estimate of drug-likeness (QED) is 0.235. The van der Waals surface area contributed by atoms with Gasteiger partial charge >= 0.3 is 12.4 Å². The van der Waals surface area contributed by atoms with Crippen molar-refractivity contribution in [3.63, 3.8) is 0 Å². The topological polar surface area (TPSA) is 61.2 Å². The SMILES string of the molecule is Cn1nccc1-c1cc(C(F)(F)F)ccc1-c1cccc2cc(S(=O)(=O)OCC(F)(F)F)ccc12. The number of aryl methyl sites for hydroxylation is 1. The van der Waals surface area contributed by atoms with Gasteiger partial charge in [-0.25, -0.2) is 0 Å². The molecular weight excluding hydrogens is 498 g/mol. The van der Waals surface area contributed by atoms with E-state index in [1.165, 1.54) is 29.1 Å². The van der Waals surface area contributed by atoms with E-state index in [0.717, 1.165) is 24.3 Å². The number of benzene rings is 3. The van der Waals surface area contributed by atoms with Crippen molar-refractivity contribution in [2.24, 2.45) is 7.05 Å². The van der Waals surface area contributed by atoms with E-state index in [-0.39, 0.29) is 5.56 Å². The minimum absolute atomic E-state index is 0.248. The normalized spacial score (nSPS) is 12.9. The first kappa shape index (κ1) is 24.7. The zero-order valence-corrected chi connectivity index (χ0v) is 18.7. The molecule has 4 aromatic rings. The van der Waals surface area contributed by atoms with Crippen LogP contribution < -0.4 is 0 Å². The van der Waals surface area contributed by atoms with Crippen molar-refractivity contribution < 1.29 is 38.9 Å². The van der Waals surface area contributed by atoms with E-state index in [2.05, 4.69) is 9.28 Å². The molecule has 0 radical (unpaired) electrons. The molecule has 184 valence electrons. The van der Waals surface area contributed by atoms with Crippen LogP contribution in [0.25, 0.3) is 33.2 Å². The van der Waals surface area contributed by atoms with E-state index >= 15 is 0 Å². The summed E-state index contributed by atoms with van der Waals surface area (Å²) < 4.78 is 107. The number of hydrogen-bond acceptors (Lipinski definition) is 4. The first-order valence-corrected chi connectivity index (χ1v) is 11.4. The van der Waals surface area contributed by atoms with Crippen molar-refractivity contribution in [1.29, 1.82) is 0 Å². The Morgan fingerprint density at radius 2 is 1.63 bits per heavy atom. The molecule has 1 heterocycles. The monoisotopic (exact) mass is 514 g/mol. The van der Waals surface area contributed by atoms with Gasteiger partial charge in [0.2, 0.25) is 0 Å². The Bertz CT molecular complexity index is 1510. The molecule has 0 spiro atoms. The third-order valence-electron chi connectivity index (χ3n) is 5.25. The van der Waals surface area contributed by atoms with Gasteiger partial charge in [-0.15, -0.1) is 0 Å². The van der Waals surface area contributed by atoms with Crippen LogP contribution in [-0.4, -0.2) is 31.0 Å². The summed E-state index contributed by atoms with van der Waals surface area (Å²) in [6.45, 7) is -1.97. The molecule has 5 nitrogen and oxygen atoms in total. The fourth-order valence-corrected chi connectivity index (χ4v) is 4.60. The van der Waals surface area contributed by atoms with Crippen LogP contribution in [0.5, 0.6) is 0 Å². The highest BCUT2D eigenvalue weighted by Crippen LogP contribution is 2.40. The van der Waals surface area contributed by atoms with Gasteiger partial charge < -0.3 is 0 Å². The van der Waals surface area contributed by atoms with Crippen LogP contribution in [0.4, 0.5) is 26.3 Å². The molecule has 0 N–H and O–H groups in total. The summed E-state index contributed by atoms with van der Waals surface area (Å²) in [4.78, 5) is -0.481. The van der Waals surface area contributed by atoms with Crippen molar-refractivity contribution in [3.05, 3.63) is 72.4 Å². The molecule has 0 aliphatic rings. The lowest BCUT2D eigenvalue weighted by Gasteiger charge is -2.16. The van der Waals surface area contributed by atoms with Crippen molar-refractivity contribution >= 4 is 20.9 Å². The minimum atomic E-state index is -4.83. The first-order chi connectivity index (χ1) is 16.3. The molecular formula is C23H16F6N2O3S. The van der Waals surface area contributed by atoms with Gasteiger partial charge in [0.05, 0.1) is 16.2 Å². The van der Waals surface area contributed by atoms with Gasteiger partial charge in [0.15, 0.2) is 6.61 Å². The summed E-state index contributed by atoms with van der Waals surface area (Å²) in [5.74, 6) is 0. The van der Waals surface area contributed by atoms with E-state index in [1.54, 1.807) is 25.2 Å². The highest BCUT2D eigenvalue weighted by molar-refractivity contribution is 7.86. The molecule has 0 bridgehead atoms. The standard InChI is InChI=1S/C23H16F6N2O3S/c1-31-21(9-10-30-31)20-12-15(23(27,28)29)5-7-19(20)18-4-2-3-14-11-16(6-8-17(14)18)35(32,33)34-13-22(24,25)26/h2-12H,13H2,1H3. The van der Waals surface area contributed by atoms with Gasteiger partial charge in [-0.1, -0.05) is 30.3 Å². The highest BCUT2D eigenvalue weighted by Gasteiger charge is 2.33. The number of halogens is 6. The molecule has 4 rings (SSSR count). The molecule has 1 aromatic heterocycles. The maximum atomic E-state index is 13.4. The van der Waals surface area contributed by atoms with Crippen molar-refractivity contribution in [2.75, 3.05) is 6.61 Å². The fourth-order valence-electron chi connectivity index (χ4n) is 3.67. The minimum Gasteiger partial charge on any atom is -0.268 e. The van der Waals surface area contributed by atoms with Gasteiger partial charge in [-0.2, -0.15) is 39.9 Å². The van der Waals surface area contributed by atoms with Gasteiger partial charge in [0.1, 0.15) is 0 Å². The smallest absolute Gasteiger partial charge is 0.268 e. The average molecular weight is 514 g/mol. The van der Waals surface area contributed by atoms with Gasteiger partial charge in [-0.3, -0.25) is 8.86 Å². The fraction of sp³-hybridized carbons (Fsp3) is 0.174. The van der Waals surface area contributed by atoms with Crippen LogP contribution in [0.15, 0.2) is 71.8 Å². The summed E-state index contributed by atoms with van der Waals surface area (Å²) in [6.07, 6.45) is -7.97. The van der Waals surface area contributed by atoms with Crippen molar-refractivity contribution in [2.45, 2.75) is 17.2 Å². The first-order valence-electron chi connectivity index (χ1n) is 9.95. The molecule has 0 amide bonds. The lowest BCUT2D eigenvalue weighted by atomic mass is 9.92. The number of nitrogens with zero attached hydrogens (tertiary/aromatic N) is 2. The second-order valence-corrected chi connectivity index (χ2v) is 9.23.